The Hall–Kier alpha value is -2.27. The van der Waals surface area contributed by atoms with Crippen molar-refractivity contribution in [3.8, 4) is 5.75 Å². The van der Waals surface area contributed by atoms with Crippen molar-refractivity contribution in [2.75, 3.05) is 23.7 Å². The molecule has 176 valence electrons. The number of anilines is 3. The summed E-state index contributed by atoms with van der Waals surface area (Å²) in [5.41, 5.74) is -0.481. The zero-order valence-electron chi connectivity index (χ0n) is 18.8. The summed E-state index contributed by atoms with van der Waals surface area (Å²) in [6.07, 6.45) is 0. The molecule has 0 fully saturated rings. The van der Waals surface area contributed by atoms with Gasteiger partial charge in [-0.05, 0) is 25.0 Å². The van der Waals surface area contributed by atoms with Gasteiger partial charge in [0, 0.05) is 5.75 Å². The van der Waals surface area contributed by atoms with Crippen LogP contribution in [0, 0.1) is 18.2 Å². The molecule has 8 nitrogen and oxygen atoms in total. The van der Waals surface area contributed by atoms with Crippen LogP contribution in [0.3, 0.4) is 0 Å². The molecular formula is C22H29N3O5OsS. The maximum absolute atomic E-state index is 12.0. The van der Waals surface area contributed by atoms with E-state index in [0.29, 0.717) is 11.4 Å². The third-order valence-electron chi connectivity index (χ3n) is 4.24. The molecule has 0 unspecified atom stereocenters. The quantitative estimate of drug-likeness (QED) is 0.245. The molecule has 0 aliphatic rings. The molecule has 1 aromatic carbocycles. The molecule has 0 spiro atoms. The van der Waals surface area contributed by atoms with Crippen LogP contribution in [0.2, 0.25) is 0 Å². The summed E-state index contributed by atoms with van der Waals surface area (Å²) >= 11 is 0.0894. The summed E-state index contributed by atoms with van der Waals surface area (Å²) in [6, 6.07) is 3.46. The van der Waals surface area contributed by atoms with Crippen LogP contribution in [0.25, 0.3) is 5.32 Å². The van der Waals surface area contributed by atoms with Gasteiger partial charge in [-0.25, -0.2) is 0 Å². The molecule has 0 radical (unpaired) electrons. The van der Waals surface area contributed by atoms with E-state index in [-0.39, 0.29) is 29.1 Å². The zero-order valence-corrected chi connectivity index (χ0v) is 22.2. The van der Waals surface area contributed by atoms with Crippen molar-refractivity contribution < 1.29 is 30.0 Å². The van der Waals surface area contributed by atoms with Gasteiger partial charge in [-0.2, -0.15) is 13.1 Å². The van der Waals surface area contributed by atoms with E-state index in [2.05, 4.69) is 26.4 Å². The second-order valence-corrected chi connectivity index (χ2v) is 8.31. The van der Waals surface area contributed by atoms with Crippen LogP contribution in [0.4, 0.5) is 17.1 Å². The first-order valence-corrected chi connectivity index (χ1v) is 13.6. The number of aromatic hydroxyl groups is 1. The molecule has 3 aromatic rings. The zero-order chi connectivity index (χ0) is 24.3. The number of thiophene rings is 1. The van der Waals surface area contributed by atoms with E-state index in [1.54, 1.807) is 5.38 Å². The van der Waals surface area contributed by atoms with Gasteiger partial charge in [0.25, 0.3) is 10.9 Å². The molecule has 2 aromatic heterocycles. The summed E-state index contributed by atoms with van der Waals surface area (Å²) in [7, 11) is 0. The Morgan fingerprint density at radius 1 is 1.22 bits per heavy atom. The molecular weight excluding hydrogens is 609 g/mol. The van der Waals surface area contributed by atoms with Gasteiger partial charge in [-0.15, -0.1) is 5.38 Å². The summed E-state index contributed by atoms with van der Waals surface area (Å²) in [5.74, 6) is 1.53. The molecule has 0 aliphatic heterocycles. The first kappa shape index (κ1) is 27.8. The minimum absolute atomic E-state index is 0.0823. The van der Waals surface area contributed by atoms with Crippen molar-refractivity contribution in [2.24, 2.45) is 5.92 Å². The first-order chi connectivity index (χ1) is 15.2. The van der Waals surface area contributed by atoms with Gasteiger partial charge in [0.05, 0.1) is 6.04 Å². The number of aryl methyl sites for hydroxylation is 1. The Morgan fingerprint density at radius 2 is 1.81 bits per heavy atom. The molecule has 0 saturated heterocycles. The van der Waals surface area contributed by atoms with E-state index >= 15 is 0 Å². The molecule has 0 amide bonds. The molecule has 1 atom stereocenters. The van der Waals surface area contributed by atoms with Crippen LogP contribution < -0.4 is 21.5 Å². The van der Waals surface area contributed by atoms with E-state index in [4.69, 9.17) is 7.96 Å². The van der Waals surface area contributed by atoms with Gasteiger partial charge in [-0.3, -0.25) is 20.9 Å². The van der Waals surface area contributed by atoms with Gasteiger partial charge in [-0.1, -0.05) is 38.8 Å². The predicted molar refractivity (Wildman–Crippen MR) is 126 cm³/mol. The standard InChI is InChI=1S/C17H17N2O4S.C4H10N.CH2.O.Os/c1-8(2)13(12-5-4-9(3)23-12)19-15-14(16(21)17(15)22)18-10-6-24-7-11(10)20;1-3-5-4-2;;;/h4-6,8,13,18-20H,1-3H3;3-4H2,1-2H3;1H2;;/q2*-1;;;+2/t13-;;;;/m1..../s1. The van der Waals surface area contributed by atoms with E-state index in [0.717, 1.165) is 18.8 Å². The second-order valence-electron chi connectivity index (χ2n) is 6.91. The van der Waals surface area contributed by atoms with Crippen molar-refractivity contribution in [3.05, 3.63) is 60.2 Å². The molecule has 10 heteroatoms. The molecule has 32 heavy (non-hydrogen) atoms. The summed E-state index contributed by atoms with van der Waals surface area (Å²) < 4.78 is 14.6. The van der Waals surface area contributed by atoms with Crippen LogP contribution >= 0.6 is 11.3 Å². The van der Waals surface area contributed by atoms with Gasteiger partial charge in [0.1, 0.15) is 22.9 Å². The summed E-state index contributed by atoms with van der Waals surface area (Å²) in [4.78, 5) is 23.9. The Labute approximate surface area is 199 Å². The van der Waals surface area contributed by atoms with Crippen LogP contribution in [0.1, 0.15) is 45.3 Å². The Morgan fingerprint density at radius 3 is 2.22 bits per heavy atom. The molecule has 0 aliphatic carbocycles. The molecule has 3 N–H and O–H groups in total. The monoisotopic (exact) mass is 639 g/mol. The Kier molecular flexibility index (Phi) is 12.1. The average Bonchev–Trinajstić information content (AvgIpc) is 3.36. The van der Waals surface area contributed by atoms with E-state index in [1.807, 2.05) is 46.8 Å². The van der Waals surface area contributed by atoms with Crippen molar-refractivity contribution in [2.45, 2.75) is 40.7 Å². The fourth-order valence-corrected chi connectivity index (χ4v) is 3.26. The number of nitrogens with one attached hydrogen (secondary N) is 2. The SMILES string of the molecule is CC[N-]CC.Cc1ccc([C@H](Nc2c(Nc3cs[c-]c3O)c(=O)c2=O)C(C)C)o1.[CH2]=[Os+2]=[O]. The number of hydrogen-bond donors (Lipinski definition) is 3. The van der Waals surface area contributed by atoms with Crippen LogP contribution in [-0.2, 0) is 20.4 Å². The molecule has 3 rings (SSSR count). The molecule has 0 saturated carbocycles. The van der Waals surface area contributed by atoms with Gasteiger partial charge in [0.2, 0.25) is 0 Å². The van der Waals surface area contributed by atoms with Crippen molar-refractivity contribution in [3.63, 3.8) is 0 Å². The predicted octanol–water partition coefficient (Wildman–Crippen LogP) is 4.55. The third-order valence-corrected chi connectivity index (χ3v) is 4.90. The summed E-state index contributed by atoms with van der Waals surface area (Å²) in [5, 5.41) is 26.8. The second kappa shape index (κ2) is 14.0. The topological polar surface area (TPSA) is 123 Å². The number of hydrogen-bond acceptors (Lipinski definition) is 8. The van der Waals surface area contributed by atoms with Crippen molar-refractivity contribution in [1.82, 2.24) is 0 Å². The number of rotatable bonds is 8. The van der Waals surface area contributed by atoms with E-state index in [1.165, 1.54) is 11.3 Å². The molecule has 0 bridgehead atoms. The first-order valence-electron chi connectivity index (χ1n) is 9.94. The normalized spacial score (nSPS) is 11.2. The fraction of sp³-hybridized carbons (Fsp3) is 0.409. The number of furan rings is 1. The van der Waals surface area contributed by atoms with Gasteiger partial charge < -0.3 is 25.5 Å². The van der Waals surface area contributed by atoms with E-state index < -0.39 is 27.8 Å². The maximum atomic E-state index is 12.0. The molecule has 2 heterocycles. The number of nitrogens with zero attached hydrogens (tertiary/aromatic N) is 1. The third kappa shape index (κ3) is 7.70. The average molecular weight is 638 g/mol. The van der Waals surface area contributed by atoms with Crippen molar-refractivity contribution >= 4 is 33.5 Å². The van der Waals surface area contributed by atoms with Crippen LogP contribution in [-0.4, -0.2) is 23.3 Å². The Bertz CT molecular complexity index is 1070. The van der Waals surface area contributed by atoms with Gasteiger partial charge >= 0.3 is 25.5 Å². The van der Waals surface area contributed by atoms with Gasteiger partial charge in [0.15, 0.2) is 0 Å². The van der Waals surface area contributed by atoms with Crippen LogP contribution in [0.5, 0.6) is 5.75 Å². The fourth-order valence-electron chi connectivity index (χ4n) is 2.69. The van der Waals surface area contributed by atoms with Crippen molar-refractivity contribution in [1.29, 1.82) is 0 Å². The minimum atomic E-state index is -1.08. The Balaban J connectivity index is 0.000000555. The van der Waals surface area contributed by atoms with E-state index in [9.17, 15) is 14.7 Å². The summed E-state index contributed by atoms with van der Waals surface area (Å²) in [6.45, 7) is 11.9. The van der Waals surface area contributed by atoms with Crippen LogP contribution in [0.15, 0.2) is 31.5 Å².